The van der Waals surface area contributed by atoms with Gasteiger partial charge < -0.3 is 9.64 Å². The minimum Gasteiger partial charge on any atom is -0.379 e. The van der Waals surface area contributed by atoms with Crippen LogP contribution in [-0.2, 0) is 16.1 Å². The van der Waals surface area contributed by atoms with Gasteiger partial charge in [0.1, 0.15) is 0 Å². The normalized spacial score (nSPS) is 18.4. The minimum absolute atomic E-state index is 0.288. The molecule has 2 aliphatic rings. The Morgan fingerprint density at radius 1 is 1.07 bits per heavy atom. The number of nitrogens with zero attached hydrogens (tertiary/aromatic N) is 4. The van der Waals surface area contributed by atoms with Gasteiger partial charge in [-0.2, -0.15) is 5.10 Å². The molecule has 30 heavy (non-hydrogen) atoms. The monoisotopic (exact) mass is 410 g/mol. The molecule has 0 radical (unpaired) electrons. The third-order valence-corrected chi connectivity index (χ3v) is 6.41. The highest BCUT2D eigenvalue weighted by Gasteiger charge is 2.23. The van der Waals surface area contributed by atoms with Crippen LogP contribution in [0.3, 0.4) is 0 Å². The fraction of sp³-hybridized carbons (Fsp3) is 0.583. The Labute approximate surface area is 179 Å². The molecule has 6 heteroatoms. The van der Waals surface area contributed by atoms with Crippen LogP contribution in [0, 0.1) is 5.92 Å². The van der Waals surface area contributed by atoms with Gasteiger partial charge in [-0.05, 0) is 37.0 Å². The first-order chi connectivity index (χ1) is 14.8. The summed E-state index contributed by atoms with van der Waals surface area (Å²) < 4.78 is 7.42. The average Bonchev–Trinajstić information content (AvgIpc) is 3.27. The van der Waals surface area contributed by atoms with E-state index in [1.807, 2.05) is 35.1 Å². The quantitative estimate of drug-likeness (QED) is 0.668. The van der Waals surface area contributed by atoms with E-state index in [9.17, 15) is 4.79 Å². The topological polar surface area (TPSA) is 50.6 Å². The summed E-state index contributed by atoms with van der Waals surface area (Å²) in [5, 5.41) is 4.52. The number of benzene rings is 1. The molecule has 2 fully saturated rings. The second kappa shape index (κ2) is 10.7. The Hall–Kier alpha value is -2.18. The molecule has 162 valence electrons. The maximum atomic E-state index is 13.3. The third-order valence-electron chi connectivity index (χ3n) is 6.41. The van der Waals surface area contributed by atoms with Crippen LogP contribution in [0.1, 0.15) is 44.2 Å². The summed E-state index contributed by atoms with van der Waals surface area (Å²) in [4.78, 5) is 17.8. The molecule has 2 heterocycles. The van der Waals surface area contributed by atoms with Crippen LogP contribution in [0.5, 0.6) is 0 Å². The molecule has 0 bridgehead atoms. The molecule has 4 rings (SSSR count). The van der Waals surface area contributed by atoms with Crippen LogP contribution in [0.4, 0.5) is 0 Å². The highest BCUT2D eigenvalue weighted by molar-refractivity contribution is 5.76. The summed E-state index contributed by atoms with van der Waals surface area (Å²) in [6.07, 6.45) is 8.77. The Balaban J connectivity index is 1.45. The largest absolute Gasteiger partial charge is 0.379 e. The molecule has 1 aromatic heterocycles. The molecule has 1 aliphatic heterocycles. The van der Waals surface area contributed by atoms with Crippen molar-refractivity contribution in [3.63, 3.8) is 0 Å². The summed E-state index contributed by atoms with van der Waals surface area (Å²) in [5.74, 6) is 0.840. The van der Waals surface area contributed by atoms with Crippen LogP contribution in [-0.4, -0.2) is 64.9 Å². The second-order valence-electron chi connectivity index (χ2n) is 8.55. The van der Waals surface area contributed by atoms with Gasteiger partial charge in [-0.25, -0.2) is 4.68 Å². The third kappa shape index (κ3) is 5.70. The lowest BCUT2D eigenvalue weighted by Crippen LogP contribution is -2.43. The number of ether oxygens (including phenoxy) is 1. The van der Waals surface area contributed by atoms with Gasteiger partial charge in [0.15, 0.2) is 0 Å². The number of morpholine rings is 1. The molecule has 0 unspecified atom stereocenters. The van der Waals surface area contributed by atoms with Gasteiger partial charge in [0.2, 0.25) is 5.91 Å². The first-order valence-corrected chi connectivity index (χ1v) is 11.5. The second-order valence-corrected chi connectivity index (χ2v) is 8.55. The molecular formula is C24H34N4O2. The molecular weight excluding hydrogens is 376 g/mol. The Morgan fingerprint density at radius 2 is 1.83 bits per heavy atom. The van der Waals surface area contributed by atoms with E-state index in [2.05, 4.69) is 27.0 Å². The summed E-state index contributed by atoms with van der Waals surface area (Å²) in [6.45, 7) is 5.74. The molecule has 1 amide bonds. The lowest BCUT2D eigenvalue weighted by molar-refractivity contribution is -0.133. The van der Waals surface area contributed by atoms with E-state index >= 15 is 0 Å². The molecule has 0 spiro atoms. The van der Waals surface area contributed by atoms with E-state index < -0.39 is 0 Å². The van der Waals surface area contributed by atoms with Gasteiger partial charge in [-0.3, -0.25) is 9.69 Å². The number of carbonyl (C=O) groups excluding carboxylic acids is 1. The SMILES string of the molecule is O=C(CC1CCCCC1)N(CCN1CCOCC1)Cc1ccnn1-c1ccccc1. The highest BCUT2D eigenvalue weighted by Crippen LogP contribution is 2.27. The first kappa shape index (κ1) is 21.1. The Bertz CT molecular complexity index is 780. The predicted molar refractivity (Wildman–Crippen MR) is 117 cm³/mol. The average molecular weight is 411 g/mol. The van der Waals surface area contributed by atoms with Crippen LogP contribution < -0.4 is 0 Å². The van der Waals surface area contributed by atoms with Crippen LogP contribution in [0.2, 0.25) is 0 Å². The highest BCUT2D eigenvalue weighted by atomic mass is 16.5. The molecule has 6 nitrogen and oxygen atoms in total. The molecule has 1 aliphatic carbocycles. The molecule has 1 saturated carbocycles. The van der Waals surface area contributed by atoms with E-state index in [1.165, 1.54) is 32.1 Å². The fourth-order valence-electron chi connectivity index (χ4n) is 4.59. The number of amides is 1. The lowest BCUT2D eigenvalue weighted by atomic mass is 9.86. The predicted octanol–water partition coefficient (Wildman–Crippen LogP) is 3.50. The van der Waals surface area contributed by atoms with E-state index in [-0.39, 0.29) is 5.91 Å². The van der Waals surface area contributed by atoms with E-state index in [0.29, 0.717) is 18.9 Å². The van der Waals surface area contributed by atoms with Crippen molar-refractivity contribution in [2.45, 2.75) is 45.1 Å². The maximum Gasteiger partial charge on any atom is 0.223 e. The van der Waals surface area contributed by atoms with Crippen LogP contribution >= 0.6 is 0 Å². The fourth-order valence-corrected chi connectivity index (χ4v) is 4.59. The number of rotatable bonds is 8. The van der Waals surface area contributed by atoms with E-state index in [0.717, 1.165) is 50.8 Å². The van der Waals surface area contributed by atoms with Gasteiger partial charge in [0.05, 0.1) is 31.1 Å². The summed E-state index contributed by atoms with van der Waals surface area (Å²) in [6, 6.07) is 12.2. The smallest absolute Gasteiger partial charge is 0.223 e. The molecule has 1 aromatic carbocycles. The van der Waals surface area contributed by atoms with Gasteiger partial charge >= 0.3 is 0 Å². The zero-order valence-electron chi connectivity index (χ0n) is 17.9. The van der Waals surface area contributed by atoms with Crippen LogP contribution in [0.15, 0.2) is 42.6 Å². The molecule has 0 atom stereocenters. The summed E-state index contributed by atoms with van der Waals surface area (Å²) in [7, 11) is 0. The number of para-hydroxylation sites is 1. The minimum atomic E-state index is 0.288. The molecule has 2 aromatic rings. The van der Waals surface area contributed by atoms with Gasteiger partial charge in [0.25, 0.3) is 0 Å². The zero-order chi connectivity index (χ0) is 20.6. The van der Waals surface area contributed by atoms with Crippen molar-refractivity contribution in [1.82, 2.24) is 19.6 Å². The van der Waals surface area contributed by atoms with Crippen molar-refractivity contribution in [2.24, 2.45) is 5.92 Å². The van der Waals surface area contributed by atoms with Crippen molar-refractivity contribution in [2.75, 3.05) is 39.4 Å². The van der Waals surface area contributed by atoms with Gasteiger partial charge in [0, 0.05) is 38.8 Å². The number of aromatic nitrogens is 2. The Kier molecular flexibility index (Phi) is 7.54. The Morgan fingerprint density at radius 3 is 2.60 bits per heavy atom. The lowest BCUT2D eigenvalue weighted by Gasteiger charge is -2.31. The van der Waals surface area contributed by atoms with Crippen molar-refractivity contribution in [1.29, 1.82) is 0 Å². The number of hydrogen-bond acceptors (Lipinski definition) is 4. The molecule has 0 N–H and O–H groups in total. The zero-order valence-corrected chi connectivity index (χ0v) is 17.9. The van der Waals surface area contributed by atoms with Gasteiger partial charge in [-0.1, -0.05) is 37.5 Å². The van der Waals surface area contributed by atoms with Crippen molar-refractivity contribution >= 4 is 5.91 Å². The number of hydrogen-bond donors (Lipinski definition) is 0. The first-order valence-electron chi connectivity index (χ1n) is 11.5. The standard InChI is InChI=1S/C24H34N4O2/c29-24(19-21-7-3-1-4-8-21)27(14-13-26-15-17-30-18-16-26)20-23-11-12-25-28(23)22-9-5-2-6-10-22/h2,5-6,9-12,21H,1,3-4,7-8,13-20H2. The maximum absolute atomic E-state index is 13.3. The summed E-state index contributed by atoms with van der Waals surface area (Å²) >= 11 is 0. The van der Waals surface area contributed by atoms with Gasteiger partial charge in [-0.15, -0.1) is 0 Å². The number of carbonyl (C=O) groups is 1. The molecule has 1 saturated heterocycles. The van der Waals surface area contributed by atoms with Crippen molar-refractivity contribution < 1.29 is 9.53 Å². The van der Waals surface area contributed by atoms with Crippen LogP contribution in [0.25, 0.3) is 5.69 Å². The van der Waals surface area contributed by atoms with Crippen molar-refractivity contribution in [3.05, 3.63) is 48.3 Å². The summed E-state index contributed by atoms with van der Waals surface area (Å²) in [5.41, 5.74) is 2.09. The van der Waals surface area contributed by atoms with Crippen molar-refractivity contribution in [3.8, 4) is 5.69 Å². The van der Waals surface area contributed by atoms with E-state index in [1.54, 1.807) is 0 Å². The van der Waals surface area contributed by atoms with E-state index in [4.69, 9.17) is 4.74 Å².